The predicted molar refractivity (Wildman–Crippen MR) is 107 cm³/mol. The van der Waals surface area contributed by atoms with Crippen molar-refractivity contribution < 1.29 is 22.7 Å². The van der Waals surface area contributed by atoms with Crippen LogP contribution in [-0.4, -0.2) is 45.2 Å². The zero-order valence-corrected chi connectivity index (χ0v) is 17.4. The number of nitrogens with zero attached hydrogens (tertiary/aromatic N) is 1. The minimum atomic E-state index is -3.44. The van der Waals surface area contributed by atoms with Gasteiger partial charge in [0.15, 0.2) is 9.84 Å². The van der Waals surface area contributed by atoms with Crippen molar-refractivity contribution in [3.63, 3.8) is 0 Å². The van der Waals surface area contributed by atoms with Gasteiger partial charge >= 0.3 is 0 Å². The zero-order chi connectivity index (χ0) is 20.5. The molecule has 1 aliphatic rings. The maximum atomic E-state index is 13.3. The summed E-state index contributed by atoms with van der Waals surface area (Å²) in [5.41, 5.74) is 2.40. The van der Waals surface area contributed by atoms with Gasteiger partial charge in [-0.15, -0.1) is 0 Å². The second kappa shape index (κ2) is 7.83. The highest BCUT2D eigenvalue weighted by Gasteiger charge is 2.27. The first-order valence-electron chi connectivity index (χ1n) is 9.15. The Morgan fingerprint density at radius 2 is 1.89 bits per heavy atom. The van der Waals surface area contributed by atoms with Crippen molar-refractivity contribution in [2.75, 3.05) is 19.9 Å². The lowest BCUT2D eigenvalue weighted by Gasteiger charge is -2.30. The van der Waals surface area contributed by atoms with E-state index in [4.69, 9.17) is 9.47 Å². The lowest BCUT2D eigenvalue weighted by molar-refractivity contribution is 0.0726. The number of amides is 1. The van der Waals surface area contributed by atoms with Crippen LogP contribution in [0.3, 0.4) is 0 Å². The fourth-order valence-corrected chi connectivity index (χ4v) is 4.00. The Balaban J connectivity index is 1.99. The molecule has 2 aromatic rings. The number of benzene rings is 2. The third-order valence-electron chi connectivity index (χ3n) is 4.71. The third kappa shape index (κ3) is 4.14. The van der Waals surface area contributed by atoms with Crippen molar-refractivity contribution >= 4 is 15.7 Å². The molecule has 150 valence electrons. The third-order valence-corrected chi connectivity index (χ3v) is 5.82. The molecule has 0 radical (unpaired) electrons. The van der Waals surface area contributed by atoms with E-state index in [9.17, 15) is 13.2 Å². The largest absolute Gasteiger partial charge is 0.496 e. The van der Waals surface area contributed by atoms with E-state index in [0.717, 1.165) is 23.1 Å². The fraction of sp³-hybridized carbons (Fsp3) is 0.381. The van der Waals surface area contributed by atoms with E-state index in [1.165, 1.54) is 12.1 Å². The van der Waals surface area contributed by atoms with Gasteiger partial charge in [0.25, 0.3) is 5.91 Å². The van der Waals surface area contributed by atoms with E-state index >= 15 is 0 Å². The summed E-state index contributed by atoms with van der Waals surface area (Å²) >= 11 is 0. The lowest BCUT2D eigenvalue weighted by atomic mass is 9.98. The van der Waals surface area contributed by atoms with Crippen LogP contribution < -0.4 is 9.47 Å². The Labute approximate surface area is 166 Å². The second-order valence-corrected chi connectivity index (χ2v) is 9.19. The van der Waals surface area contributed by atoms with Crippen LogP contribution in [0, 0.1) is 0 Å². The van der Waals surface area contributed by atoms with Gasteiger partial charge in [0, 0.05) is 24.9 Å². The quantitative estimate of drug-likeness (QED) is 0.767. The van der Waals surface area contributed by atoms with E-state index in [-0.39, 0.29) is 22.5 Å². The molecule has 1 heterocycles. The van der Waals surface area contributed by atoms with Crippen LogP contribution in [0.4, 0.5) is 0 Å². The summed E-state index contributed by atoms with van der Waals surface area (Å²) in [6, 6.07) is 10.3. The van der Waals surface area contributed by atoms with Gasteiger partial charge in [-0.3, -0.25) is 4.79 Å². The highest BCUT2D eigenvalue weighted by atomic mass is 32.2. The highest BCUT2D eigenvalue weighted by Crippen LogP contribution is 2.31. The van der Waals surface area contributed by atoms with Crippen LogP contribution in [0.25, 0.3) is 0 Å². The number of methoxy groups -OCH3 is 1. The summed E-state index contributed by atoms with van der Waals surface area (Å²) in [5.74, 6) is 0.884. The molecule has 1 amide bonds. The monoisotopic (exact) mass is 403 g/mol. The number of sulfone groups is 1. The normalized spacial score (nSPS) is 14.0. The minimum Gasteiger partial charge on any atom is -0.496 e. The SMILES string of the molecule is COc1cccc2c1CN(C(=O)c1cc(S(C)(=O)=O)ccc1OC(C)C)CC2. The smallest absolute Gasteiger partial charge is 0.257 e. The average molecular weight is 404 g/mol. The number of rotatable bonds is 5. The van der Waals surface area contributed by atoms with Crippen LogP contribution in [-0.2, 0) is 22.8 Å². The summed E-state index contributed by atoms with van der Waals surface area (Å²) < 4.78 is 35.2. The van der Waals surface area contributed by atoms with Gasteiger partial charge in [0.1, 0.15) is 11.5 Å². The van der Waals surface area contributed by atoms with Crippen LogP contribution in [0.15, 0.2) is 41.3 Å². The van der Waals surface area contributed by atoms with Gasteiger partial charge in [0.2, 0.25) is 0 Å². The Morgan fingerprint density at radius 1 is 1.14 bits per heavy atom. The molecule has 0 saturated carbocycles. The van der Waals surface area contributed by atoms with Gasteiger partial charge < -0.3 is 14.4 Å². The van der Waals surface area contributed by atoms with Crippen molar-refractivity contribution in [3.8, 4) is 11.5 Å². The maximum absolute atomic E-state index is 13.3. The standard InChI is InChI=1S/C21H25NO5S/c1-14(2)27-20-9-8-16(28(4,24)25)12-17(20)21(23)22-11-10-15-6-5-7-19(26-3)18(15)13-22/h5-9,12,14H,10-11,13H2,1-4H3. The number of carbonyl (C=O) groups is 1. The molecule has 0 atom stereocenters. The van der Waals surface area contributed by atoms with E-state index < -0.39 is 9.84 Å². The first kappa shape index (κ1) is 20.2. The number of hydrogen-bond donors (Lipinski definition) is 0. The molecule has 0 N–H and O–H groups in total. The molecule has 0 aliphatic carbocycles. The Bertz CT molecular complexity index is 984. The molecule has 28 heavy (non-hydrogen) atoms. The highest BCUT2D eigenvalue weighted by molar-refractivity contribution is 7.90. The van der Waals surface area contributed by atoms with Gasteiger partial charge in [-0.2, -0.15) is 0 Å². The van der Waals surface area contributed by atoms with Crippen molar-refractivity contribution in [2.24, 2.45) is 0 Å². The van der Waals surface area contributed by atoms with Crippen LogP contribution in [0.1, 0.15) is 35.3 Å². The van der Waals surface area contributed by atoms with Crippen molar-refractivity contribution in [1.82, 2.24) is 4.90 Å². The topological polar surface area (TPSA) is 72.9 Å². The summed E-state index contributed by atoms with van der Waals surface area (Å²) in [6.45, 7) is 4.67. The molecular weight excluding hydrogens is 378 g/mol. The molecule has 0 spiro atoms. The van der Waals surface area contributed by atoms with Crippen LogP contribution in [0.5, 0.6) is 11.5 Å². The van der Waals surface area contributed by atoms with Gasteiger partial charge in [-0.1, -0.05) is 12.1 Å². The van der Waals surface area contributed by atoms with Crippen LogP contribution in [0.2, 0.25) is 0 Å². The molecule has 0 unspecified atom stereocenters. The molecule has 2 aromatic carbocycles. The fourth-order valence-electron chi connectivity index (χ4n) is 3.35. The molecule has 0 fully saturated rings. The molecule has 6 nitrogen and oxygen atoms in total. The lowest BCUT2D eigenvalue weighted by Crippen LogP contribution is -2.36. The minimum absolute atomic E-state index is 0.0990. The summed E-state index contributed by atoms with van der Waals surface area (Å²) in [4.78, 5) is 15.1. The van der Waals surface area contributed by atoms with Gasteiger partial charge in [0.05, 0.1) is 23.7 Å². The van der Waals surface area contributed by atoms with E-state index in [2.05, 4.69) is 0 Å². The molecule has 7 heteroatoms. The molecule has 0 aromatic heterocycles. The Hall–Kier alpha value is -2.54. The summed E-state index contributed by atoms with van der Waals surface area (Å²) in [6.07, 6.45) is 1.70. The van der Waals surface area contributed by atoms with E-state index in [1.807, 2.05) is 32.0 Å². The molecule has 1 aliphatic heterocycles. The predicted octanol–water partition coefficient (Wildman–Crippen LogP) is 3.08. The number of ether oxygens (including phenoxy) is 2. The molecule has 3 rings (SSSR count). The van der Waals surface area contributed by atoms with E-state index in [1.54, 1.807) is 18.1 Å². The van der Waals surface area contributed by atoms with Crippen LogP contribution >= 0.6 is 0 Å². The first-order chi connectivity index (χ1) is 13.2. The maximum Gasteiger partial charge on any atom is 0.257 e. The number of fused-ring (bicyclic) bond motifs is 1. The number of carbonyl (C=O) groups excluding carboxylic acids is 1. The van der Waals surface area contributed by atoms with Crippen molar-refractivity contribution in [2.45, 2.75) is 37.8 Å². The zero-order valence-electron chi connectivity index (χ0n) is 16.6. The first-order valence-corrected chi connectivity index (χ1v) is 11.0. The second-order valence-electron chi connectivity index (χ2n) is 7.17. The molecular formula is C21H25NO5S. The molecule has 0 saturated heterocycles. The molecule has 0 bridgehead atoms. The van der Waals surface area contributed by atoms with Gasteiger partial charge in [-0.25, -0.2) is 8.42 Å². The van der Waals surface area contributed by atoms with Crippen molar-refractivity contribution in [3.05, 3.63) is 53.1 Å². The van der Waals surface area contributed by atoms with E-state index in [0.29, 0.717) is 25.3 Å². The number of hydrogen-bond acceptors (Lipinski definition) is 5. The summed E-state index contributed by atoms with van der Waals surface area (Å²) in [7, 11) is -1.83. The van der Waals surface area contributed by atoms with Crippen molar-refractivity contribution in [1.29, 1.82) is 0 Å². The Kier molecular flexibility index (Phi) is 5.65. The Morgan fingerprint density at radius 3 is 2.54 bits per heavy atom. The average Bonchev–Trinajstić information content (AvgIpc) is 2.65. The summed E-state index contributed by atoms with van der Waals surface area (Å²) in [5, 5.41) is 0. The van der Waals surface area contributed by atoms with Gasteiger partial charge in [-0.05, 0) is 50.1 Å².